The summed E-state index contributed by atoms with van der Waals surface area (Å²) in [6, 6.07) is 29.2. The molecule has 8 heterocycles. The fourth-order valence-corrected chi connectivity index (χ4v) is 15.4. The van der Waals surface area contributed by atoms with E-state index in [9.17, 15) is 24.0 Å². The van der Waals surface area contributed by atoms with Crippen LogP contribution in [0.1, 0.15) is 113 Å². The maximum absolute atomic E-state index is 15.2. The topological polar surface area (TPSA) is 165 Å². The molecule has 0 bridgehead atoms. The lowest BCUT2D eigenvalue weighted by atomic mass is 9.82. The van der Waals surface area contributed by atoms with Gasteiger partial charge in [0.15, 0.2) is 5.60 Å². The average Bonchev–Trinajstić information content (AvgIpc) is 3.95. The number of nitrogens with one attached hydrogen (secondary N) is 2. The lowest BCUT2D eigenvalue weighted by molar-refractivity contribution is -0.158. The Morgan fingerprint density at radius 1 is 0.662 bits per heavy atom. The summed E-state index contributed by atoms with van der Waals surface area (Å²) in [5.41, 5.74) is 3.89. The maximum atomic E-state index is 15.2. The van der Waals surface area contributed by atoms with Gasteiger partial charge in [-0.15, -0.1) is 11.3 Å². The zero-order valence-electron chi connectivity index (χ0n) is 45.6. The van der Waals surface area contributed by atoms with Crippen molar-refractivity contribution in [1.82, 2.24) is 29.9 Å². The molecule has 2 atom stereocenters. The number of hydrogen-bond acceptors (Lipinski definition) is 11. The van der Waals surface area contributed by atoms with E-state index in [-0.39, 0.29) is 79.6 Å². The SMILES string of the molecule is O=C1CCC(c2cccc(N3CCC(CN4CCC(CC5CCN(C(=O)C6CCN(C(=O)C7(Oc8ccccc8-c8nc9cccc(Cl)c9s8)CCN(C(=O)[C@H]8CC(=O)Nc9ccccc98)CC7)CC6)CC5)CC4)CC3)c2)C(=O)N1. The first-order chi connectivity index (χ1) is 38.9. The highest BCUT2D eigenvalue weighted by molar-refractivity contribution is 7.22. The number of likely N-dealkylation sites (tertiary alicyclic amines) is 4. The minimum Gasteiger partial charge on any atom is -0.477 e. The highest BCUT2D eigenvalue weighted by atomic mass is 35.5. The average molecular weight is 1120 g/mol. The molecule has 0 spiro atoms. The maximum Gasteiger partial charge on any atom is 0.266 e. The lowest BCUT2D eigenvalue weighted by Crippen LogP contribution is -2.60. The van der Waals surface area contributed by atoms with E-state index in [4.69, 9.17) is 21.3 Å². The van der Waals surface area contributed by atoms with Crippen LogP contribution in [0.15, 0.2) is 91.0 Å². The van der Waals surface area contributed by atoms with Crippen LogP contribution in [0.25, 0.3) is 20.8 Å². The zero-order chi connectivity index (χ0) is 54.9. The fourth-order valence-electron chi connectivity index (χ4n) is 14.1. The predicted molar refractivity (Wildman–Crippen MR) is 311 cm³/mol. The third kappa shape index (κ3) is 11.6. The lowest BCUT2D eigenvalue weighted by Gasteiger charge is -2.45. The molecule has 80 heavy (non-hydrogen) atoms. The molecule has 6 saturated heterocycles. The molecule has 420 valence electrons. The van der Waals surface area contributed by atoms with Gasteiger partial charge in [0.1, 0.15) is 10.8 Å². The number of carbonyl (C=O) groups excluding carboxylic acids is 6. The highest BCUT2D eigenvalue weighted by Crippen LogP contribution is 2.43. The Balaban J connectivity index is 0.619. The number of nitrogens with zero attached hydrogens (tertiary/aromatic N) is 6. The predicted octanol–water partition coefficient (Wildman–Crippen LogP) is 9.50. The quantitative estimate of drug-likeness (QED) is 0.115. The van der Waals surface area contributed by atoms with E-state index in [1.165, 1.54) is 36.3 Å². The molecule has 0 saturated carbocycles. The van der Waals surface area contributed by atoms with Crippen LogP contribution in [0.5, 0.6) is 5.75 Å². The standard InChI is InChI=1S/C63H73ClN8O7S/c64-51-11-6-13-53-57(51)80-59(66-53)49-10-2-4-14-54(49)79-63(25-35-71(36-26-63)61(77)50-39-56(74)65-52-12-3-1-9-48(50)52)62(78)72-33-23-44(24-34-72)60(76)70-31-19-42(20-32-70)37-41-17-27-68(28-18-41)40-43-21-29-69(30-22-43)46-8-5-7-45(38-46)47-15-16-55(73)67-58(47)75/h1-14,38,41-44,47,50H,15-37,39-40H2,(H,65,74)(H,67,73,75)/t47?,50-/m0/s1. The first kappa shape index (κ1) is 54.2. The van der Waals surface area contributed by atoms with Crippen LogP contribution in [-0.4, -0.2) is 138 Å². The van der Waals surface area contributed by atoms with Crippen molar-refractivity contribution in [3.05, 3.63) is 107 Å². The van der Waals surface area contributed by atoms with Gasteiger partial charge in [-0.3, -0.25) is 34.1 Å². The first-order valence-corrected chi connectivity index (χ1v) is 30.6. The minimum absolute atomic E-state index is 0.0673. The number of piperidine rings is 6. The molecule has 1 aromatic heterocycles. The van der Waals surface area contributed by atoms with Crippen molar-refractivity contribution in [2.45, 2.75) is 107 Å². The van der Waals surface area contributed by atoms with Crippen LogP contribution < -0.4 is 20.3 Å². The third-order valence-electron chi connectivity index (χ3n) is 18.8. The molecule has 6 amide bonds. The van der Waals surface area contributed by atoms with Gasteiger partial charge in [-0.2, -0.15) is 0 Å². The Kier molecular flexibility index (Phi) is 16.0. The van der Waals surface area contributed by atoms with E-state index >= 15 is 4.79 Å². The summed E-state index contributed by atoms with van der Waals surface area (Å²) in [7, 11) is 0. The Hall–Kier alpha value is -6.36. The number of thiazole rings is 1. The monoisotopic (exact) mass is 1120 g/mol. The molecule has 7 aliphatic rings. The Morgan fingerprint density at radius 2 is 1.34 bits per heavy atom. The molecule has 0 radical (unpaired) electrons. The van der Waals surface area contributed by atoms with E-state index in [0.717, 1.165) is 109 Å². The number of ether oxygens (including phenoxy) is 1. The number of anilines is 2. The summed E-state index contributed by atoms with van der Waals surface area (Å²) in [4.78, 5) is 96.6. The van der Waals surface area contributed by atoms with E-state index in [2.05, 4.69) is 37.5 Å². The normalized spacial score (nSPS) is 22.9. The van der Waals surface area contributed by atoms with Gasteiger partial charge in [0.2, 0.25) is 29.5 Å². The summed E-state index contributed by atoms with van der Waals surface area (Å²) in [5, 5.41) is 6.77. The number of benzene rings is 4. The van der Waals surface area contributed by atoms with Crippen LogP contribution in [0.3, 0.4) is 0 Å². The van der Waals surface area contributed by atoms with E-state index in [1.54, 1.807) is 4.90 Å². The van der Waals surface area contributed by atoms with Crippen molar-refractivity contribution >= 4 is 80.0 Å². The van der Waals surface area contributed by atoms with Crippen LogP contribution in [-0.2, 0) is 28.8 Å². The highest BCUT2D eigenvalue weighted by Gasteiger charge is 2.49. The number of fused-ring (bicyclic) bond motifs is 2. The summed E-state index contributed by atoms with van der Waals surface area (Å²) in [6.07, 6.45) is 10.9. The molecule has 17 heteroatoms. The summed E-state index contributed by atoms with van der Waals surface area (Å²) < 4.78 is 7.95. The molecule has 2 N–H and O–H groups in total. The van der Waals surface area contributed by atoms with Gasteiger partial charge in [0.25, 0.3) is 5.91 Å². The molecule has 4 aromatic carbocycles. The van der Waals surface area contributed by atoms with Gasteiger partial charge >= 0.3 is 0 Å². The van der Waals surface area contributed by atoms with Crippen LogP contribution in [0.2, 0.25) is 5.02 Å². The number of rotatable bonds is 12. The van der Waals surface area contributed by atoms with Gasteiger partial charge in [-0.25, -0.2) is 4.98 Å². The van der Waals surface area contributed by atoms with E-state index in [1.807, 2.05) is 83.8 Å². The number of para-hydroxylation sites is 2. The summed E-state index contributed by atoms with van der Waals surface area (Å²) in [5.74, 6) is 1.01. The summed E-state index contributed by atoms with van der Waals surface area (Å²) in [6.45, 7) is 8.57. The van der Waals surface area contributed by atoms with Crippen molar-refractivity contribution in [2.24, 2.45) is 23.7 Å². The molecule has 1 unspecified atom stereocenters. The first-order valence-electron chi connectivity index (χ1n) is 29.4. The minimum atomic E-state index is -1.28. The van der Waals surface area contributed by atoms with Crippen molar-refractivity contribution in [3.8, 4) is 16.3 Å². The van der Waals surface area contributed by atoms with E-state index < -0.39 is 11.5 Å². The largest absolute Gasteiger partial charge is 0.477 e. The number of hydrogen-bond donors (Lipinski definition) is 2. The Morgan fingerprint density at radius 3 is 2.09 bits per heavy atom. The fraction of sp³-hybridized carbons (Fsp3) is 0.508. The number of aromatic nitrogens is 1. The van der Waals surface area contributed by atoms with Gasteiger partial charge in [0.05, 0.1) is 32.6 Å². The van der Waals surface area contributed by atoms with Crippen LogP contribution in [0, 0.1) is 23.7 Å². The Bertz CT molecular complexity index is 3130. The van der Waals surface area contributed by atoms with Crippen molar-refractivity contribution < 1.29 is 33.5 Å². The Labute approximate surface area is 477 Å². The third-order valence-corrected chi connectivity index (χ3v) is 20.4. The van der Waals surface area contributed by atoms with Gasteiger partial charge in [-0.05, 0) is 149 Å². The number of amides is 6. The number of imide groups is 1. The second-order valence-corrected chi connectivity index (χ2v) is 25.2. The van der Waals surface area contributed by atoms with Crippen molar-refractivity contribution in [2.75, 3.05) is 82.2 Å². The van der Waals surface area contributed by atoms with Gasteiger partial charge in [-0.1, -0.05) is 60.1 Å². The molecule has 5 aromatic rings. The van der Waals surface area contributed by atoms with Crippen molar-refractivity contribution in [1.29, 1.82) is 0 Å². The second kappa shape index (κ2) is 23.6. The van der Waals surface area contributed by atoms with E-state index in [0.29, 0.717) is 67.1 Å². The molecule has 6 fully saturated rings. The smallest absolute Gasteiger partial charge is 0.266 e. The molecular weight excluding hydrogens is 1050 g/mol. The number of carbonyl (C=O) groups is 6. The molecular formula is C63H73ClN8O7S. The molecule has 0 aliphatic carbocycles. The van der Waals surface area contributed by atoms with Crippen molar-refractivity contribution in [3.63, 3.8) is 0 Å². The van der Waals surface area contributed by atoms with Crippen LogP contribution in [0.4, 0.5) is 11.4 Å². The molecule has 15 nitrogen and oxygen atoms in total. The van der Waals surface area contributed by atoms with Gasteiger partial charge in [0, 0.05) is 102 Å². The molecule has 7 aliphatic heterocycles. The molecule has 12 rings (SSSR count). The zero-order valence-corrected chi connectivity index (χ0v) is 47.2. The summed E-state index contributed by atoms with van der Waals surface area (Å²) >= 11 is 8.08. The van der Waals surface area contributed by atoms with Gasteiger partial charge < -0.3 is 34.6 Å². The number of halogens is 1. The second-order valence-electron chi connectivity index (χ2n) is 23.8. The van der Waals surface area contributed by atoms with Crippen LogP contribution >= 0.6 is 22.9 Å².